The van der Waals surface area contributed by atoms with E-state index in [9.17, 15) is 14.5 Å². The lowest BCUT2D eigenvalue weighted by atomic mass is 9.90. The molecular formula is C24H20BrFN2O4. The number of fused-ring (bicyclic) bond motifs is 1. The lowest BCUT2D eigenvalue weighted by Gasteiger charge is -2.18. The van der Waals surface area contributed by atoms with Crippen LogP contribution < -0.4 is 9.47 Å². The van der Waals surface area contributed by atoms with Gasteiger partial charge in [0.15, 0.2) is 11.5 Å². The smallest absolute Gasteiger partial charge is 0.214 e. The van der Waals surface area contributed by atoms with Gasteiger partial charge in [0.1, 0.15) is 12.4 Å². The fourth-order valence-electron chi connectivity index (χ4n) is 3.76. The molecule has 3 aromatic carbocycles. The van der Waals surface area contributed by atoms with Gasteiger partial charge in [0.05, 0.1) is 17.5 Å². The van der Waals surface area contributed by atoms with Gasteiger partial charge in [-0.05, 0) is 51.3 Å². The first-order valence-electron chi connectivity index (χ1n) is 9.89. The lowest BCUT2D eigenvalue weighted by molar-refractivity contribution is -0.481. The Hall–Kier alpha value is -3.39. The Labute approximate surface area is 192 Å². The van der Waals surface area contributed by atoms with Crippen LogP contribution in [-0.2, 0) is 6.61 Å². The molecule has 0 radical (unpaired) electrons. The van der Waals surface area contributed by atoms with Crippen molar-refractivity contribution in [2.75, 3.05) is 13.7 Å². The average Bonchev–Trinajstić information content (AvgIpc) is 3.21. The summed E-state index contributed by atoms with van der Waals surface area (Å²) in [5.41, 5.74) is 2.85. The first kappa shape index (κ1) is 21.8. The van der Waals surface area contributed by atoms with Gasteiger partial charge in [-0.25, -0.2) is 4.39 Å². The van der Waals surface area contributed by atoms with Crippen LogP contribution in [0.4, 0.5) is 4.39 Å². The summed E-state index contributed by atoms with van der Waals surface area (Å²) in [5, 5.41) is 12.4. The third-order valence-electron chi connectivity index (χ3n) is 5.31. The van der Waals surface area contributed by atoms with Crippen molar-refractivity contribution in [1.29, 1.82) is 0 Å². The minimum Gasteiger partial charge on any atom is -0.493 e. The molecule has 164 valence electrons. The van der Waals surface area contributed by atoms with E-state index < -0.39 is 5.92 Å². The molecule has 0 bridgehead atoms. The standard InChI is InChI=1S/C24H20BrFN2O4/c1-31-23-11-16(10-20(25)24(23)32-14-15-6-2-4-8-21(15)26)19(13-28(29)30)18-12-27-22-9-5-3-7-17(18)22/h2-12,19,27H,13-14H2,1H3/t19-/m1/s1. The molecule has 6 nitrogen and oxygen atoms in total. The van der Waals surface area contributed by atoms with Crippen molar-refractivity contribution in [3.05, 3.63) is 104 Å². The molecule has 0 unspecified atom stereocenters. The fourth-order valence-corrected chi connectivity index (χ4v) is 4.34. The Morgan fingerprint density at radius 3 is 2.66 bits per heavy atom. The van der Waals surface area contributed by atoms with Crippen LogP contribution in [-0.4, -0.2) is 23.6 Å². The Morgan fingerprint density at radius 2 is 1.91 bits per heavy atom. The van der Waals surface area contributed by atoms with E-state index in [2.05, 4.69) is 20.9 Å². The second kappa shape index (κ2) is 9.40. The minimum atomic E-state index is -0.507. The van der Waals surface area contributed by atoms with E-state index in [4.69, 9.17) is 9.47 Å². The SMILES string of the molecule is COc1cc([C@@H](C[N+](=O)[O-])c2c[nH]c3ccccc23)cc(Br)c1OCc1ccccc1F. The molecule has 4 aromatic rings. The molecular weight excluding hydrogens is 479 g/mol. The van der Waals surface area contributed by atoms with Gasteiger partial charge in [0.25, 0.3) is 0 Å². The summed E-state index contributed by atoms with van der Waals surface area (Å²) < 4.78 is 25.9. The number of nitrogens with zero attached hydrogens (tertiary/aromatic N) is 1. The highest BCUT2D eigenvalue weighted by Gasteiger charge is 2.26. The summed E-state index contributed by atoms with van der Waals surface area (Å²) in [6.07, 6.45) is 1.81. The monoisotopic (exact) mass is 498 g/mol. The maximum absolute atomic E-state index is 14.0. The van der Waals surface area contributed by atoms with Gasteiger partial charge in [0, 0.05) is 27.6 Å². The molecule has 0 saturated heterocycles. The number of H-pyrrole nitrogens is 1. The van der Waals surface area contributed by atoms with E-state index in [0.29, 0.717) is 27.1 Å². The highest BCUT2D eigenvalue weighted by atomic mass is 79.9. The third kappa shape index (κ3) is 4.45. The van der Waals surface area contributed by atoms with Crippen molar-refractivity contribution in [1.82, 2.24) is 4.98 Å². The number of rotatable bonds is 8. The highest BCUT2D eigenvalue weighted by Crippen LogP contribution is 2.41. The summed E-state index contributed by atoms with van der Waals surface area (Å²) in [6.45, 7) is -0.269. The number of nitro groups is 1. The van der Waals surface area contributed by atoms with E-state index in [0.717, 1.165) is 16.5 Å². The number of methoxy groups -OCH3 is 1. The van der Waals surface area contributed by atoms with Gasteiger partial charge >= 0.3 is 0 Å². The van der Waals surface area contributed by atoms with Crippen LogP contribution in [0.5, 0.6) is 11.5 Å². The molecule has 1 aromatic heterocycles. The van der Waals surface area contributed by atoms with Crippen LogP contribution in [0.25, 0.3) is 10.9 Å². The summed E-state index contributed by atoms with van der Waals surface area (Å²) in [5.74, 6) is -0.0613. The number of hydrogen-bond donors (Lipinski definition) is 1. The molecule has 1 heterocycles. The normalized spacial score (nSPS) is 12.0. The molecule has 1 N–H and O–H groups in total. The number of hydrogen-bond acceptors (Lipinski definition) is 4. The van der Waals surface area contributed by atoms with Crippen molar-refractivity contribution in [3.63, 3.8) is 0 Å². The van der Waals surface area contributed by atoms with E-state index in [-0.39, 0.29) is 23.9 Å². The van der Waals surface area contributed by atoms with Gasteiger partial charge in [0.2, 0.25) is 6.54 Å². The van der Waals surface area contributed by atoms with E-state index in [1.165, 1.54) is 13.2 Å². The molecule has 0 aliphatic heterocycles. The zero-order valence-corrected chi connectivity index (χ0v) is 18.8. The lowest BCUT2D eigenvalue weighted by Crippen LogP contribution is -2.14. The molecule has 1 atom stereocenters. The van der Waals surface area contributed by atoms with Gasteiger partial charge < -0.3 is 14.5 Å². The second-order valence-corrected chi connectivity index (χ2v) is 8.13. The van der Waals surface area contributed by atoms with Crippen LogP contribution in [0.15, 0.2) is 71.3 Å². The maximum Gasteiger partial charge on any atom is 0.214 e. The van der Waals surface area contributed by atoms with Gasteiger partial charge in [-0.15, -0.1) is 0 Å². The van der Waals surface area contributed by atoms with Crippen molar-refractivity contribution in [3.8, 4) is 11.5 Å². The maximum atomic E-state index is 14.0. The largest absolute Gasteiger partial charge is 0.493 e. The predicted octanol–water partition coefficient (Wildman–Crippen LogP) is 6.07. The van der Waals surface area contributed by atoms with Crippen LogP contribution in [0.3, 0.4) is 0 Å². The quantitative estimate of drug-likeness (QED) is 0.236. The fraction of sp³-hybridized carbons (Fsp3) is 0.167. The minimum absolute atomic E-state index is 0.0156. The van der Waals surface area contributed by atoms with Crippen molar-refractivity contribution in [2.45, 2.75) is 12.5 Å². The van der Waals surface area contributed by atoms with Crippen molar-refractivity contribution in [2.24, 2.45) is 0 Å². The summed E-state index contributed by atoms with van der Waals surface area (Å²) in [6, 6.07) is 17.6. The molecule has 0 aliphatic rings. The Kier molecular flexibility index (Phi) is 6.41. The number of ether oxygens (including phenoxy) is 2. The van der Waals surface area contributed by atoms with Crippen molar-refractivity contribution >= 4 is 26.8 Å². The average molecular weight is 499 g/mol. The van der Waals surface area contributed by atoms with E-state index in [1.54, 1.807) is 30.3 Å². The number of halogens is 2. The zero-order valence-electron chi connectivity index (χ0n) is 17.2. The number of para-hydroxylation sites is 1. The summed E-state index contributed by atoms with van der Waals surface area (Å²) in [4.78, 5) is 14.4. The van der Waals surface area contributed by atoms with Crippen LogP contribution >= 0.6 is 15.9 Å². The molecule has 0 amide bonds. The Balaban J connectivity index is 1.72. The number of nitrogens with one attached hydrogen (secondary N) is 1. The van der Waals surface area contributed by atoms with E-state index >= 15 is 0 Å². The van der Waals surface area contributed by atoms with Gasteiger partial charge in [-0.3, -0.25) is 10.1 Å². The van der Waals surface area contributed by atoms with Crippen LogP contribution in [0, 0.1) is 15.9 Å². The Bertz CT molecular complexity index is 1270. The summed E-state index contributed by atoms with van der Waals surface area (Å²) in [7, 11) is 1.50. The topological polar surface area (TPSA) is 77.4 Å². The van der Waals surface area contributed by atoms with Gasteiger partial charge in [-0.1, -0.05) is 36.4 Å². The predicted molar refractivity (Wildman–Crippen MR) is 123 cm³/mol. The molecule has 32 heavy (non-hydrogen) atoms. The second-order valence-electron chi connectivity index (χ2n) is 7.27. The zero-order chi connectivity index (χ0) is 22.7. The van der Waals surface area contributed by atoms with Crippen molar-refractivity contribution < 1.29 is 18.8 Å². The van der Waals surface area contributed by atoms with E-state index in [1.807, 2.05) is 30.5 Å². The van der Waals surface area contributed by atoms with Crippen LogP contribution in [0.2, 0.25) is 0 Å². The number of aromatic nitrogens is 1. The molecule has 0 fully saturated rings. The first-order valence-corrected chi connectivity index (χ1v) is 10.7. The summed E-state index contributed by atoms with van der Waals surface area (Å²) >= 11 is 3.50. The molecule has 8 heteroatoms. The first-order chi connectivity index (χ1) is 15.5. The molecule has 0 spiro atoms. The van der Waals surface area contributed by atoms with Gasteiger partial charge in [-0.2, -0.15) is 0 Å². The third-order valence-corrected chi connectivity index (χ3v) is 5.90. The molecule has 0 saturated carbocycles. The molecule has 4 rings (SSSR count). The van der Waals surface area contributed by atoms with Crippen LogP contribution in [0.1, 0.15) is 22.6 Å². The highest BCUT2D eigenvalue weighted by molar-refractivity contribution is 9.10. The number of benzene rings is 3. The Morgan fingerprint density at radius 1 is 1.16 bits per heavy atom. The number of aromatic amines is 1. The molecule has 0 aliphatic carbocycles.